The van der Waals surface area contributed by atoms with Crippen LogP contribution in [0.5, 0.6) is 11.5 Å². The molecule has 0 spiro atoms. The van der Waals surface area contributed by atoms with Crippen LogP contribution in [0.3, 0.4) is 0 Å². The summed E-state index contributed by atoms with van der Waals surface area (Å²) >= 11 is 0. The van der Waals surface area contributed by atoms with Gasteiger partial charge in [0.2, 0.25) is 0 Å². The molecule has 1 amide bonds. The second kappa shape index (κ2) is 9.78. The van der Waals surface area contributed by atoms with Crippen molar-refractivity contribution in [2.24, 2.45) is 5.10 Å². The van der Waals surface area contributed by atoms with E-state index < -0.39 is 11.9 Å². The molecule has 0 aliphatic carbocycles. The first-order valence-electron chi connectivity index (χ1n) is 6.76. The van der Waals surface area contributed by atoms with E-state index in [0.29, 0.717) is 23.7 Å². The molecule has 0 heterocycles. The van der Waals surface area contributed by atoms with Crippen molar-refractivity contribution in [1.82, 2.24) is 5.43 Å². The van der Waals surface area contributed by atoms with Crippen LogP contribution < -0.4 is 14.9 Å². The lowest BCUT2D eigenvalue weighted by atomic mass is 10.2. The molecule has 1 aromatic carbocycles. The van der Waals surface area contributed by atoms with Crippen LogP contribution >= 0.6 is 0 Å². The van der Waals surface area contributed by atoms with Gasteiger partial charge in [0, 0.05) is 0 Å². The monoisotopic (exact) mass is 319 g/mol. The second-order valence-electron chi connectivity index (χ2n) is 4.13. The topological polar surface area (TPSA) is 110 Å². The highest BCUT2D eigenvalue weighted by Crippen LogP contribution is 2.28. The van der Waals surface area contributed by atoms with Crippen molar-refractivity contribution >= 4 is 18.1 Å². The maximum atomic E-state index is 11.1. The molecule has 8 heteroatoms. The van der Waals surface area contributed by atoms with Gasteiger partial charge in [0.05, 0.1) is 26.0 Å². The van der Waals surface area contributed by atoms with Gasteiger partial charge < -0.3 is 14.2 Å². The van der Waals surface area contributed by atoms with E-state index in [1.165, 1.54) is 13.3 Å². The number of hydrogen-bond donors (Lipinski definition) is 1. The van der Waals surface area contributed by atoms with Gasteiger partial charge in [-0.15, -0.1) is 0 Å². The third-order valence-electron chi connectivity index (χ3n) is 2.48. The standard InChI is InChI=1S/C15H17N3O5/c1-3-22-13-8-11(9-17-18-14(19)6-7-16)4-5-12(13)23-10-15(20)21-2/h4-5,8-9H,3,6,10H2,1-2H3,(H,18,19)/b17-9-. The lowest BCUT2D eigenvalue weighted by molar-refractivity contribution is -0.142. The van der Waals surface area contributed by atoms with Gasteiger partial charge in [0.25, 0.3) is 5.91 Å². The van der Waals surface area contributed by atoms with E-state index in [1.807, 2.05) is 6.92 Å². The van der Waals surface area contributed by atoms with E-state index in [4.69, 9.17) is 14.7 Å². The van der Waals surface area contributed by atoms with Gasteiger partial charge in [0.1, 0.15) is 6.42 Å². The van der Waals surface area contributed by atoms with E-state index >= 15 is 0 Å². The Labute approximate surface area is 133 Å². The molecule has 0 aliphatic rings. The Morgan fingerprint density at radius 1 is 1.35 bits per heavy atom. The van der Waals surface area contributed by atoms with Crippen molar-refractivity contribution in [3.8, 4) is 17.6 Å². The van der Waals surface area contributed by atoms with Crippen molar-refractivity contribution in [3.05, 3.63) is 23.8 Å². The Balaban J connectivity index is 2.78. The molecule has 0 unspecified atom stereocenters. The van der Waals surface area contributed by atoms with E-state index in [-0.39, 0.29) is 13.0 Å². The number of amides is 1. The van der Waals surface area contributed by atoms with Crippen molar-refractivity contribution < 1.29 is 23.8 Å². The number of ether oxygens (including phenoxy) is 3. The summed E-state index contributed by atoms with van der Waals surface area (Å²) in [5, 5.41) is 12.1. The molecule has 0 aliphatic heterocycles. The molecule has 0 bridgehead atoms. The second-order valence-corrected chi connectivity index (χ2v) is 4.13. The maximum absolute atomic E-state index is 11.1. The average Bonchev–Trinajstić information content (AvgIpc) is 2.54. The first-order valence-corrected chi connectivity index (χ1v) is 6.76. The molecule has 1 rings (SSSR count). The third kappa shape index (κ3) is 6.48. The van der Waals surface area contributed by atoms with Crippen LogP contribution in [0.1, 0.15) is 18.9 Å². The van der Waals surface area contributed by atoms with Gasteiger partial charge in [-0.1, -0.05) is 0 Å². The number of carbonyl (C=O) groups excluding carboxylic acids is 2. The summed E-state index contributed by atoms with van der Waals surface area (Å²) in [7, 11) is 1.27. The number of hydrazone groups is 1. The number of nitrogens with one attached hydrogen (secondary N) is 1. The highest BCUT2D eigenvalue weighted by molar-refractivity contribution is 5.83. The Morgan fingerprint density at radius 2 is 2.13 bits per heavy atom. The predicted molar refractivity (Wildman–Crippen MR) is 81.1 cm³/mol. The third-order valence-corrected chi connectivity index (χ3v) is 2.48. The summed E-state index contributed by atoms with van der Waals surface area (Å²) < 4.78 is 15.3. The normalized spacial score (nSPS) is 9.96. The molecular weight excluding hydrogens is 302 g/mol. The van der Waals surface area contributed by atoms with Crippen LogP contribution in [-0.4, -0.2) is 38.4 Å². The first kappa shape index (κ1) is 18.0. The zero-order valence-corrected chi connectivity index (χ0v) is 12.9. The summed E-state index contributed by atoms with van der Waals surface area (Å²) in [5.74, 6) is -0.170. The van der Waals surface area contributed by atoms with Crippen LogP contribution in [-0.2, 0) is 14.3 Å². The highest BCUT2D eigenvalue weighted by atomic mass is 16.6. The summed E-state index contributed by atoms with van der Waals surface area (Å²) in [6.45, 7) is 2.00. The van der Waals surface area contributed by atoms with Crippen LogP contribution in [0.2, 0.25) is 0 Å². The van der Waals surface area contributed by atoms with Gasteiger partial charge in [-0.05, 0) is 30.7 Å². The van der Waals surface area contributed by atoms with Gasteiger partial charge in [0.15, 0.2) is 18.1 Å². The molecule has 0 atom stereocenters. The number of nitriles is 1. The molecule has 0 aromatic heterocycles. The van der Waals surface area contributed by atoms with Crippen LogP contribution in [0.4, 0.5) is 0 Å². The zero-order chi connectivity index (χ0) is 17.1. The molecule has 8 nitrogen and oxygen atoms in total. The Kier molecular flexibility index (Phi) is 7.64. The lowest BCUT2D eigenvalue weighted by Crippen LogP contribution is -2.16. The molecule has 0 saturated heterocycles. The van der Waals surface area contributed by atoms with Crippen LogP contribution in [0, 0.1) is 11.3 Å². The molecule has 0 saturated carbocycles. The van der Waals surface area contributed by atoms with Gasteiger partial charge in [-0.2, -0.15) is 10.4 Å². The highest BCUT2D eigenvalue weighted by Gasteiger charge is 2.09. The van der Waals surface area contributed by atoms with E-state index in [0.717, 1.165) is 0 Å². The van der Waals surface area contributed by atoms with Gasteiger partial charge >= 0.3 is 5.97 Å². The SMILES string of the molecule is CCOc1cc(/C=N\NC(=O)CC#N)ccc1OCC(=O)OC. The first-order chi connectivity index (χ1) is 11.1. The van der Waals surface area contributed by atoms with E-state index in [1.54, 1.807) is 24.3 Å². The number of benzene rings is 1. The number of carbonyl (C=O) groups is 2. The fourth-order valence-electron chi connectivity index (χ4n) is 1.48. The minimum absolute atomic E-state index is 0.228. The molecule has 23 heavy (non-hydrogen) atoms. The van der Waals surface area contributed by atoms with Gasteiger partial charge in [-0.25, -0.2) is 10.2 Å². The smallest absolute Gasteiger partial charge is 0.343 e. The van der Waals surface area contributed by atoms with Crippen LogP contribution in [0.15, 0.2) is 23.3 Å². The number of esters is 1. The quantitative estimate of drug-likeness (QED) is 0.435. The number of nitrogens with zero attached hydrogens (tertiary/aromatic N) is 2. The zero-order valence-electron chi connectivity index (χ0n) is 12.9. The van der Waals surface area contributed by atoms with Crippen molar-refractivity contribution in [3.63, 3.8) is 0 Å². The summed E-state index contributed by atoms with van der Waals surface area (Å²) in [6, 6.07) is 6.66. The Hall–Kier alpha value is -3.08. The maximum Gasteiger partial charge on any atom is 0.343 e. The van der Waals surface area contributed by atoms with Crippen molar-refractivity contribution in [2.45, 2.75) is 13.3 Å². The van der Waals surface area contributed by atoms with E-state index in [9.17, 15) is 9.59 Å². The minimum Gasteiger partial charge on any atom is -0.490 e. The predicted octanol–water partition coefficient (Wildman–Crippen LogP) is 1.00. The fraction of sp³-hybridized carbons (Fsp3) is 0.333. The minimum atomic E-state index is -0.502. The molecular formula is C15H17N3O5. The van der Waals surface area contributed by atoms with Crippen LogP contribution in [0.25, 0.3) is 0 Å². The van der Waals surface area contributed by atoms with Gasteiger partial charge in [-0.3, -0.25) is 4.79 Å². The van der Waals surface area contributed by atoms with Crippen molar-refractivity contribution in [2.75, 3.05) is 20.3 Å². The molecule has 0 fully saturated rings. The molecule has 1 aromatic rings. The Morgan fingerprint density at radius 3 is 2.78 bits per heavy atom. The fourth-order valence-corrected chi connectivity index (χ4v) is 1.48. The largest absolute Gasteiger partial charge is 0.490 e. The summed E-state index contributed by atoms with van der Waals surface area (Å²) in [6.07, 6.45) is 1.14. The molecule has 0 radical (unpaired) electrons. The summed E-state index contributed by atoms with van der Waals surface area (Å²) in [4.78, 5) is 22.2. The van der Waals surface area contributed by atoms with Crippen molar-refractivity contribution in [1.29, 1.82) is 5.26 Å². The Bertz CT molecular complexity index is 622. The molecule has 1 N–H and O–H groups in total. The van der Waals surface area contributed by atoms with E-state index in [2.05, 4.69) is 15.3 Å². The lowest BCUT2D eigenvalue weighted by Gasteiger charge is -2.11. The number of hydrogen-bond acceptors (Lipinski definition) is 7. The summed E-state index contributed by atoms with van der Waals surface area (Å²) in [5.41, 5.74) is 2.87. The number of rotatable bonds is 8. The molecule has 122 valence electrons. The number of methoxy groups -OCH3 is 1. The average molecular weight is 319 g/mol.